The van der Waals surface area contributed by atoms with Crippen LogP contribution in [0.5, 0.6) is 0 Å². The maximum atomic E-state index is 13.3. The first-order valence-corrected chi connectivity index (χ1v) is 12.5. The number of hydrazine groups is 1. The normalized spacial score (nSPS) is 14.6. The molecule has 3 aromatic heterocycles. The zero-order chi connectivity index (χ0) is 22.8. The number of hydrogen-bond acceptors (Lipinski definition) is 7. The van der Waals surface area contributed by atoms with E-state index in [1.165, 1.54) is 35.2 Å². The predicted octanol–water partition coefficient (Wildman–Crippen LogP) is 3.96. The third-order valence-electron chi connectivity index (χ3n) is 5.74. The Balaban J connectivity index is 1.29. The Kier molecular flexibility index (Phi) is 6.23. The van der Waals surface area contributed by atoms with Gasteiger partial charge in [0, 0.05) is 16.9 Å². The summed E-state index contributed by atoms with van der Waals surface area (Å²) in [6.45, 7) is 0. The van der Waals surface area contributed by atoms with Crippen molar-refractivity contribution in [2.75, 3.05) is 5.75 Å². The number of halogens is 1. The molecular weight excluding hydrogens is 463 g/mol. The highest BCUT2D eigenvalue weighted by molar-refractivity contribution is 7.99. The number of amides is 2. The van der Waals surface area contributed by atoms with E-state index in [0.717, 1.165) is 53.4 Å². The van der Waals surface area contributed by atoms with Crippen molar-refractivity contribution in [3.8, 4) is 11.1 Å². The second kappa shape index (κ2) is 9.44. The van der Waals surface area contributed by atoms with Gasteiger partial charge >= 0.3 is 0 Å². The number of nitrogens with one attached hydrogen (secondary N) is 2. The first-order valence-electron chi connectivity index (χ1n) is 10.7. The summed E-state index contributed by atoms with van der Waals surface area (Å²) in [5, 5.41) is 11.9. The third-order valence-corrected chi connectivity index (χ3v) is 7.57. The van der Waals surface area contributed by atoms with Crippen LogP contribution >= 0.6 is 23.1 Å². The number of fused-ring (bicyclic) bond motifs is 3. The second-order valence-electron chi connectivity index (χ2n) is 7.92. The molecule has 0 aliphatic heterocycles. The van der Waals surface area contributed by atoms with Crippen LogP contribution in [0.1, 0.15) is 32.1 Å². The number of nitrogens with zero attached hydrogens (tertiary/aromatic N) is 4. The number of benzene rings is 1. The highest BCUT2D eigenvalue weighted by atomic mass is 32.2. The van der Waals surface area contributed by atoms with E-state index in [1.807, 2.05) is 5.38 Å². The van der Waals surface area contributed by atoms with Crippen LogP contribution < -0.4 is 10.9 Å². The number of carbonyl (C=O) groups is 2. The van der Waals surface area contributed by atoms with Crippen molar-refractivity contribution in [2.45, 2.75) is 37.3 Å². The van der Waals surface area contributed by atoms with Crippen LogP contribution in [0.4, 0.5) is 4.39 Å². The molecule has 0 radical (unpaired) electrons. The first kappa shape index (κ1) is 21.8. The summed E-state index contributed by atoms with van der Waals surface area (Å²) >= 11 is 2.69. The van der Waals surface area contributed by atoms with Gasteiger partial charge in [0.15, 0.2) is 10.8 Å². The molecule has 8 nitrogen and oxygen atoms in total. The Hall–Kier alpha value is -3.05. The van der Waals surface area contributed by atoms with Gasteiger partial charge in [-0.2, -0.15) is 0 Å². The lowest BCUT2D eigenvalue weighted by molar-refractivity contribution is -0.131. The molecule has 0 spiro atoms. The van der Waals surface area contributed by atoms with Crippen molar-refractivity contribution in [1.82, 2.24) is 30.4 Å². The van der Waals surface area contributed by atoms with Crippen LogP contribution in [-0.2, 0) is 9.59 Å². The van der Waals surface area contributed by atoms with Crippen molar-refractivity contribution < 1.29 is 14.0 Å². The van der Waals surface area contributed by atoms with Gasteiger partial charge in [-0.05, 0) is 30.5 Å². The predicted molar refractivity (Wildman–Crippen MR) is 125 cm³/mol. The number of hydrogen-bond donors (Lipinski definition) is 2. The number of thiophene rings is 1. The fourth-order valence-corrected chi connectivity index (χ4v) is 5.64. The van der Waals surface area contributed by atoms with Crippen LogP contribution in [0.25, 0.3) is 27.0 Å². The maximum Gasteiger partial charge on any atom is 0.248 e. The molecule has 170 valence electrons. The van der Waals surface area contributed by atoms with E-state index in [2.05, 4.69) is 26.0 Å². The number of aromatic nitrogens is 4. The molecule has 11 heteroatoms. The number of thioether (sulfide) groups is 1. The molecule has 1 aliphatic rings. The summed E-state index contributed by atoms with van der Waals surface area (Å²) in [5.74, 6) is -0.702. The van der Waals surface area contributed by atoms with Gasteiger partial charge in [0.05, 0.1) is 11.1 Å². The molecule has 5 rings (SSSR count). The highest BCUT2D eigenvalue weighted by Gasteiger charge is 2.21. The molecular formula is C22H21FN6O2S2. The van der Waals surface area contributed by atoms with E-state index in [4.69, 9.17) is 0 Å². The van der Waals surface area contributed by atoms with Gasteiger partial charge in [-0.15, -0.1) is 21.5 Å². The average molecular weight is 485 g/mol. The van der Waals surface area contributed by atoms with E-state index in [1.54, 1.807) is 22.9 Å². The summed E-state index contributed by atoms with van der Waals surface area (Å²) in [6, 6.07) is 6.28. The molecule has 2 amide bonds. The van der Waals surface area contributed by atoms with Crippen molar-refractivity contribution >= 4 is 50.8 Å². The topological polar surface area (TPSA) is 101 Å². The standard InChI is InChI=1S/C22H21FN6O2S2/c23-15-8-6-13(7-9-15)16-10-32-21-18(16)19-26-28-22(29(19)12-24-21)33-11-17(30)25-27-20(31)14-4-2-1-3-5-14/h6-10,12,14H,1-5,11H2,(H,25,30)(H,27,31). The summed E-state index contributed by atoms with van der Waals surface area (Å²) in [7, 11) is 0. The molecule has 0 unspecified atom stereocenters. The minimum absolute atomic E-state index is 0.0264. The summed E-state index contributed by atoms with van der Waals surface area (Å²) in [5.41, 5.74) is 7.41. The van der Waals surface area contributed by atoms with E-state index in [-0.39, 0.29) is 29.3 Å². The lowest BCUT2D eigenvalue weighted by atomic mass is 9.89. The SMILES string of the molecule is O=C(CSc1nnc2c3c(-c4ccc(F)cc4)csc3ncn12)NNC(=O)C1CCCCC1. The molecule has 1 aliphatic carbocycles. The van der Waals surface area contributed by atoms with Gasteiger partial charge in [0.25, 0.3) is 0 Å². The van der Waals surface area contributed by atoms with Crippen LogP contribution in [0.2, 0.25) is 0 Å². The Morgan fingerprint density at radius 1 is 1.12 bits per heavy atom. The first-order chi connectivity index (χ1) is 16.1. The van der Waals surface area contributed by atoms with E-state index >= 15 is 0 Å². The van der Waals surface area contributed by atoms with Gasteiger partial charge in [-0.3, -0.25) is 24.8 Å². The van der Waals surface area contributed by atoms with Gasteiger partial charge in [0.2, 0.25) is 11.8 Å². The van der Waals surface area contributed by atoms with Crippen LogP contribution in [0, 0.1) is 11.7 Å². The fraction of sp³-hybridized carbons (Fsp3) is 0.318. The van der Waals surface area contributed by atoms with Gasteiger partial charge < -0.3 is 0 Å². The van der Waals surface area contributed by atoms with Crippen molar-refractivity contribution in [2.24, 2.45) is 5.92 Å². The zero-order valence-corrected chi connectivity index (χ0v) is 19.2. The monoisotopic (exact) mass is 484 g/mol. The molecule has 3 heterocycles. The molecule has 33 heavy (non-hydrogen) atoms. The zero-order valence-electron chi connectivity index (χ0n) is 17.6. The quantitative estimate of drug-likeness (QED) is 0.328. The second-order valence-corrected chi connectivity index (χ2v) is 9.72. The molecule has 1 saturated carbocycles. The van der Waals surface area contributed by atoms with Crippen molar-refractivity contribution in [3.63, 3.8) is 0 Å². The average Bonchev–Trinajstić information content (AvgIpc) is 3.46. The molecule has 4 aromatic rings. The molecule has 0 atom stereocenters. The maximum absolute atomic E-state index is 13.3. The summed E-state index contributed by atoms with van der Waals surface area (Å²) in [4.78, 5) is 29.7. The third kappa shape index (κ3) is 4.55. The lowest BCUT2D eigenvalue weighted by Gasteiger charge is -2.20. The minimum atomic E-state index is -0.322. The molecule has 1 aromatic carbocycles. The lowest BCUT2D eigenvalue weighted by Crippen LogP contribution is -2.45. The van der Waals surface area contributed by atoms with Crippen LogP contribution in [-0.4, -0.2) is 37.1 Å². The summed E-state index contributed by atoms with van der Waals surface area (Å²) in [6.07, 6.45) is 6.63. The van der Waals surface area contributed by atoms with Gasteiger partial charge in [-0.1, -0.05) is 43.2 Å². The Morgan fingerprint density at radius 3 is 2.70 bits per heavy atom. The number of rotatable bonds is 5. The Morgan fingerprint density at radius 2 is 1.91 bits per heavy atom. The van der Waals surface area contributed by atoms with E-state index in [0.29, 0.717) is 10.8 Å². The van der Waals surface area contributed by atoms with E-state index in [9.17, 15) is 14.0 Å². The highest BCUT2D eigenvalue weighted by Crippen LogP contribution is 2.35. The van der Waals surface area contributed by atoms with Gasteiger partial charge in [0.1, 0.15) is 17.0 Å². The van der Waals surface area contributed by atoms with Crippen molar-refractivity contribution in [3.05, 3.63) is 41.8 Å². The van der Waals surface area contributed by atoms with E-state index < -0.39 is 0 Å². The minimum Gasteiger partial charge on any atom is -0.273 e. The number of carbonyl (C=O) groups excluding carboxylic acids is 2. The largest absolute Gasteiger partial charge is 0.273 e. The fourth-order valence-electron chi connectivity index (χ4n) is 4.03. The van der Waals surface area contributed by atoms with Crippen LogP contribution in [0.15, 0.2) is 41.1 Å². The molecule has 0 saturated heterocycles. The summed E-state index contributed by atoms with van der Waals surface area (Å²) < 4.78 is 15.1. The van der Waals surface area contributed by atoms with Gasteiger partial charge in [-0.25, -0.2) is 9.37 Å². The van der Waals surface area contributed by atoms with Crippen LogP contribution in [0.3, 0.4) is 0 Å². The molecule has 1 fully saturated rings. The van der Waals surface area contributed by atoms with Crippen molar-refractivity contribution in [1.29, 1.82) is 0 Å². The smallest absolute Gasteiger partial charge is 0.248 e. The molecule has 0 bridgehead atoms. The Labute approximate surface area is 197 Å². The molecule has 2 N–H and O–H groups in total. The Bertz CT molecular complexity index is 1310.